The molecule has 0 saturated heterocycles. The number of rotatable bonds is 7. The fourth-order valence-electron chi connectivity index (χ4n) is 3.49. The summed E-state index contributed by atoms with van der Waals surface area (Å²) >= 11 is 1.57. The zero-order valence-electron chi connectivity index (χ0n) is 17.3. The van der Waals surface area contributed by atoms with Crippen LogP contribution in [0.25, 0.3) is 10.2 Å². The Morgan fingerprint density at radius 1 is 1.00 bits per heavy atom. The van der Waals surface area contributed by atoms with Crippen LogP contribution in [0.4, 0.5) is 5.13 Å². The molecule has 2 heterocycles. The molecule has 4 rings (SSSR count). The predicted octanol–water partition coefficient (Wildman–Crippen LogP) is 5.98. The van der Waals surface area contributed by atoms with Crippen molar-refractivity contribution < 1.29 is 4.79 Å². The van der Waals surface area contributed by atoms with E-state index in [0.717, 1.165) is 26.6 Å². The Labute approximate surface area is 181 Å². The smallest absolute Gasteiger partial charge is 0.229 e. The van der Waals surface area contributed by atoms with E-state index < -0.39 is 0 Å². The molecule has 5 heteroatoms. The first kappa shape index (κ1) is 20.2. The van der Waals surface area contributed by atoms with E-state index in [4.69, 9.17) is 4.98 Å². The van der Waals surface area contributed by atoms with Crippen molar-refractivity contribution in [3.8, 4) is 0 Å². The zero-order valence-corrected chi connectivity index (χ0v) is 18.1. The second-order valence-corrected chi connectivity index (χ2v) is 8.64. The Morgan fingerprint density at radius 3 is 2.53 bits per heavy atom. The molecule has 0 N–H and O–H groups in total. The van der Waals surface area contributed by atoms with Crippen LogP contribution in [-0.4, -0.2) is 15.9 Å². The molecule has 0 spiro atoms. The molecule has 4 nitrogen and oxygen atoms in total. The summed E-state index contributed by atoms with van der Waals surface area (Å²) in [6, 6.07) is 22.2. The standard InChI is InChI=1S/C25H25N3OS/c1-18(2)21-12-8-13-22-24(21)27-25(30-22)28(17-20-11-6-7-16-26-20)23(29)15-14-19-9-4-3-5-10-19/h3-13,16,18H,14-15,17H2,1-2H3. The highest BCUT2D eigenvalue weighted by atomic mass is 32.1. The molecular weight excluding hydrogens is 390 g/mol. The number of pyridine rings is 1. The number of nitrogens with zero attached hydrogens (tertiary/aromatic N) is 3. The van der Waals surface area contributed by atoms with Gasteiger partial charge in [-0.05, 0) is 41.7 Å². The second kappa shape index (κ2) is 9.18. The zero-order chi connectivity index (χ0) is 20.9. The number of fused-ring (bicyclic) bond motifs is 1. The number of carbonyl (C=O) groups is 1. The molecule has 0 aliphatic heterocycles. The van der Waals surface area contributed by atoms with Crippen molar-refractivity contribution in [2.24, 2.45) is 0 Å². The lowest BCUT2D eigenvalue weighted by Crippen LogP contribution is -2.30. The molecule has 0 aliphatic rings. The minimum Gasteiger partial charge on any atom is -0.282 e. The summed E-state index contributed by atoms with van der Waals surface area (Å²) in [6.07, 6.45) is 2.90. The van der Waals surface area contributed by atoms with Crippen LogP contribution < -0.4 is 4.90 Å². The van der Waals surface area contributed by atoms with Crippen molar-refractivity contribution in [1.82, 2.24) is 9.97 Å². The summed E-state index contributed by atoms with van der Waals surface area (Å²) in [7, 11) is 0. The molecule has 30 heavy (non-hydrogen) atoms. The molecule has 0 radical (unpaired) electrons. The molecule has 152 valence electrons. The molecule has 0 saturated carbocycles. The van der Waals surface area contributed by atoms with E-state index in [1.807, 2.05) is 36.4 Å². The van der Waals surface area contributed by atoms with Crippen molar-refractivity contribution in [3.05, 3.63) is 89.7 Å². The molecule has 0 unspecified atom stereocenters. The second-order valence-electron chi connectivity index (χ2n) is 7.63. The number of benzene rings is 2. The first-order valence-electron chi connectivity index (χ1n) is 10.3. The minimum absolute atomic E-state index is 0.0645. The average Bonchev–Trinajstić information content (AvgIpc) is 3.21. The maximum absolute atomic E-state index is 13.3. The van der Waals surface area contributed by atoms with Crippen LogP contribution in [0, 0.1) is 0 Å². The molecular formula is C25H25N3OS. The lowest BCUT2D eigenvalue weighted by molar-refractivity contribution is -0.118. The molecule has 0 atom stereocenters. The molecule has 0 fully saturated rings. The largest absolute Gasteiger partial charge is 0.282 e. The van der Waals surface area contributed by atoms with Crippen LogP contribution in [0.3, 0.4) is 0 Å². The van der Waals surface area contributed by atoms with E-state index >= 15 is 0 Å². The highest BCUT2D eigenvalue weighted by Crippen LogP contribution is 2.34. The topological polar surface area (TPSA) is 46.1 Å². The molecule has 4 aromatic rings. The lowest BCUT2D eigenvalue weighted by atomic mass is 10.0. The fourth-order valence-corrected chi connectivity index (χ4v) is 4.50. The minimum atomic E-state index is 0.0645. The molecule has 0 bridgehead atoms. The van der Waals surface area contributed by atoms with Gasteiger partial charge in [-0.1, -0.05) is 73.7 Å². The van der Waals surface area contributed by atoms with Gasteiger partial charge in [0.05, 0.1) is 22.5 Å². The van der Waals surface area contributed by atoms with Gasteiger partial charge in [-0.25, -0.2) is 4.98 Å². The van der Waals surface area contributed by atoms with Crippen molar-refractivity contribution >= 4 is 32.6 Å². The quantitative estimate of drug-likeness (QED) is 0.373. The molecule has 0 aliphatic carbocycles. The monoisotopic (exact) mass is 415 g/mol. The van der Waals surface area contributed by atoms with Gasteiger partial charge >= 0.3 is 0 Å². The molecule has 2 aromatic carbocycles. The molecule has 1 amide bonds. The first-order valence-corrected chi connectivity index (χ1v) is 11.1. The van der Waals surface area contributed by atoms with Gasteiger partial charge in [0.1, 0.15) is 0 Å². The van der Waals surface area contributed by atoms with E-state index in [1.165, 1.54) is 5.56 Å². The number of aryl methyl sites for hydroxylation is 1. The van der Waals surface area contributed by atoms with Crippen molar-refractivity contribution in [2.45, 2.75) is 39.2 Å². The maximum atomic E-state index is 13.3. The Balaban J connectivity index is 1.65. The van der Waals surface area contributed by atoms with Gasteiger partial charge < -0.3 is 0 Å². The third-order valence-corrected chi connectivity index (χ3v) is 6.15. The van der Waals surface area contributed by atoms with Gasteiger partial charge in [0.25, 0.3) is 0 Å². The third-order valence-electron chi connectivity index (χ3n) is 5.11. The predicted molar refractivity (Wildman–Crippen MR) is 124 cm³/mol. The number of hydrogen-bond donors (Lipinski definition) is 0. The number of aromatic nitrogens is 2. The fraction of sp³-hybridized carbons (Fsp3) is 0.240. The van der Waals surface area contributed by atoms with Crippen LogP contribution in [-0.2, 0) is 17.8 Å². The van der Waals surface area contributed by atoms with Crippen LogP contribution in [0.1, 0.15) is 43.0 Å². The number of thiazole rings is 1. The maximum Gasteiger partial charge on any atom is 0.229 e. The average molecular weight is 416 g/mol. The number of amides is 1. The normalized spacial score (nSPS) is 11.2. The summed E-state index contributed by atoms with van der Waals surface area (Å²) in [5.41, 5.74) is 4.22. The summed E-state index contributed by atoms with van der Waals surface area (Å²) in [4.78, 5) is 24.4. The number of para-hydroxylation sites is 1. The Morgan fingerprint density at radius 2 is 1.80 bits per heavy atom. The van der Waals surface area contributed by atoms with E-state index in [1.54, 1.807) is 22.4 Å². The van der Waals surface area contributed by atoms with E-state index in [-0.39, 0.29) is 5.91 Å². The van der Waals surface area contributed by atoms with E-state index in [9.17, 15) is 4.79 Å². The third kappa shape index (κ3) is 4.57. The Hall–Kier alpha value is -3.05. The number of anilines is 1. The van der Waals surface area contributed by atoms with Crippen LogP contribution in [0.15, 0.2) is 72.9 Å². The number of carbonyl (C=O) groups excluding carboxylic acids is 1. The van der Waals surface area contributed by atoms with Gasteiger partial charge in [0.2, 0.25) is 5.91 Å². The van der Waals surface area contributed by atoms with Crippen LogP contribution in [0.5, 0.6) is 0 Å². The highest BCUT2D eigenvalue weighted by molar-refractivity contribution is 7.22. The van der Waals surface area contributed by atoms with Crippen molar-refractivity contribution in [1.29, 1.82) is 0 Å². The summed E-state index contributed by atoms with van der Waals surface area (Å²) < 4.78 is 1.11. The SMILES string of the molecule is CC(C)c1cccc2sc(N(Cc3ccccn3)C(=O)CCc3ccccc3)nc12. The Bertz CT molecular complexity index is 1120. The molecule has 2 aromatic heterocycles. The Kier molecular flexibility index (Phi) is 6.19. The van der Waals surface area contributed by atoms with E-state index in [0.29, 0.717) is 25.3 Å². The van der Waals surface area contributed by atoms with Crippen LogP contribution in [0.2, 0.25) is 0 Å². The van der Waals surface area contributed by atoms with Gasteiger partial charge in [0.15, 0.2) is 5.13 Å². The van der Waals surface area contributed by atoms with E-state index in [2.05, 4.69) is 49.2 Å². The first-order chi connectivity index (χ1) is 14.6. The number of hydrogen-bond acceptors (Lipinski definition) is 4. The summed E-state index contributed by atoms with van der Waals surface area (Å²) in [6.45, 7) is 4.76. The van der Waals surface area contributed by atoms with Gasteiger partial charge in [-0.15, -0.1) is 0 Å². The highest BCUT2D eigenvalue weighted by Gasteiger charge is 2.21. The summed E-state index contributed by atoms with van der Waals surface area (Å²) in [5.74, 6) is 0.441. The van der Waals surface area contributed by atoms with Crippen LogP contribution >= 0.6 is 11.3 Å². The van der Waals surface area contributed by atoms with Gasteiger partial charge in [-0.3, -0.25) is 14.7 Å². The van der Waals surface area contributed by atoms with Crippen molar-refractivity contribution in [2.75, 3.05) is 4.90 Å². The van der Waals surface area contributed by atoms with Gasteiger partial charge in [0, 0.05) is 12.6 Å². The lowest BCUT2D eigenvalue weighted by Gasteiger charge is -2.19. The van der Waals surface area contributed by atoms with Crippen molar-refractivity contribution in [3.63, 3.8) is 0 Å². The van der Waals surface area contributed by atoms with Gasteiger partial charge in [-0.2, -0.15) is 0 Å². The summed E-state index contributed by atoms with van der Waals surface area (Å²) in [5, 5.41) is 0.738.